The lowest BCUT2D eigenvalue weighted by Crippen LogP contribution is -2.50. The number of hydrogen-bond acceptors (Lipinski definition) is 2. The van der Waals surface area contributed by atoms with E-state index in [1.807, 2.05) is 0 Å². The molecule has 0 aromatic heterocycles. The van der Waals surface area contributed by atoms with Gasteiger partial charge in [0.15, 0.2) is 0 Å². The second-order valence-electron chi connectivity index (χ2n) is 5.64. The molecule has 2 fully saturated rings. The Morgan fingerprint density at radius 2 is 2.12 bits per heavy atom. The number of carbonyl (C=O) groups is 1. The predicted octanol–water partition coefficient (Wildman–Crippen LogP) is 2.02. The van der Waals surface area contributed by atoms with Crippen molar-refractivity contribution in [3.8, 4) is 0 Å². The Kier molecular flexibility index (Phi) is 4.43. The van der Waals surface area contributed by atoms with Crippen LogP contribution in [0.2, 0.25) is 0 Å². The van der Waals surface area contributed by atoms with Crippen molar-refractivity contribution in [1.29, 1.82) is 0 Å². The molecule has 2 aliphatic rings. The van der Waals surface area contributed by atoms with Gasteiger partial charge in [-0.3, -0.25) is 4.79 Å². The van der Waals surface area contributed by atoms with Crippen LogP contribution in [0.1, 0.15) is 46.0 Å². The third-order valence-corrected chi connectivity index (χ3v) is 4.51. The van der Waals surface area contributed by atoms with Gasteiger partial charge in [-0.25, -0.2) is 0 Å². The summed E-state index contributed by atoms with van der Waals surface area (Å²) in [6, 6.07) is 0.439. The van der Waals surface area contributed by atoms with Crippen molar-refractivity contribution in [2.24, 2.45) is 11.8 Å². The molecule has 1 aliphatic carbocycles. The quantitative estimate of drug-likeness (QED) is 0.816. The molecule has 0 aromatic rings. The summed E-state index contributed by atoms with van der Waals surface area (Å²) in [6.07, 6.45) is 5.95. The second-order valence-corrected chi connectivity index (χ2v) is 5.64. The van der Waals surface area contributed by atoms with Crippen LogP contribution in [-0.2, 0) is 4.79 Å². The zero-order valence-electron chi connectivity index (χ0n) is 11.2. The molecule has 17 heavy (non-hydrogen) atoms. The van der Waals surface area contributed by atoms with Crippen LogP contribution in [0, 0.1) is 11.8 Å². The van der Waals surface area contributed by atoms with Gasteiger partial charge in [0.05, 0.1) is 0 Å². The molecule has 0 aromatic carbocycles. The summed E-state index contributed by atoms with van der Waals surface area (Å²) in [5.74, 6) is 1.32. The molecule has 3 unspecified atom stereocenters. The largest absolute Gasteiger partial charge is 0.338 e. The Bertz CT molecular complexity index is 261. The normalized spacial score (nSPS) is 33.6. The van der Waals surface area contributed by atoms with Crippen LogP contribution in [0.25, 0.3) is 0 Å². The summed E-state index contributed by atoms with van der Waals surface area (Å²) in [4.78, 5) is 14.7. The molecule has 1 saturated heterocycles. The van der Waals surface area contributed by atoms with Crippen molar-refractivity contribution in [2.75, 3.05) is 19.6 Å². The van der Waals surface area contributed by atoms with Gasteiger partial charge in [-0.15, -0.1) is 0 Å². The fourth-order valence-electron chi connectivity index (χ4n) is 3.42. The number of piperidine rings is 1. The molecule has 0 bridgehead atoms. The topological polar surface area (TPSA) is 32.3 Å². The molecule has 2 rings (SSSR count). The minimum atomic E-state index is 0.303. The van der Waals surface area contributed by atoms with Crippen molar-refractivity contribution in [2.45, 2.75) is 52.0 Å². The van der Waals surface area contributed by atoms with E-state index in [0.29, 0.717) is 23.8 Å². The summed E-state index contributed by atoms with van der Waals surface area (Å²) in [7, 11) is 0. The number of likely N-dealkylation sites (N-methyl/N-ethyl adjacent to an activating group) is 1. The first-order chi connectivity index (χ1) is 8.24. The maximum absolute atomic E-state index is 12.6. The average Bonchev–Trinajstić information content (AvgIpc) is 2.77. The molecule has 1 heterocycles. The summed E-state index contributed by atoms with van der Waals surface area (Å²) < 4.78 is 0. The molecule has 1 N–H and O–H groups in total. The lowest BCUT2D eigenvalue weighted by Gasteiger charge is -2.36. The van der Waals surface area contributed by atoms with Gasteiger partial charge in [0.1, 0.15) is 0 Å². The molecule has 0 radical (unpaired) electrons. The van der Waals surface area contributed by atoms with E-state index in [-0.39, 0.29) is 0 Å². The van der Waals surface area contributed by atoms with E-state index in [4.69, 9.17) is 0 Å². The number of rotatable bonds is 3. The number of nitrogens with zero attached hydrogens (tertiary/aromatic N) is 1. The predicted molar refractivity (Wildman–Crippen MR) is 69.8 cm³/mol. The van der Waals surface area contributed by atoms with E-state index in [9.17, 15) is 4.79 Å². The van der Waals surface area contributed by atoms with Crippen LogP contribution < -0.4 is 5.32 Å². The molecule has 1 saturated carbocycles. The van der Waals surface area contributed by atoms with Crippen LogP contribution >= 0.6 is 0 Å². The fraction of sp³-hybridized carbons (Fsp3) is 0.929. The molecule has 1 aliphatic heterocycles. The molecule has 3 nitrogen and oxygen atoms in total. The van der Waals surface area contributed by atoms with Crippen molar-refractivity contribution >= 4 is 5.91 Å². The summed E-state index contributed by atoms with van der Waals surface area (Å²) >= 11 is 0. The van der Waals surface area contributed by atoms with Crippen LogP contribution in [0.4, 0.5) is 0 Å². The standard InChI is InChI=1S/C14H26N2O/c1-3-16(12-7-5-9-15-10-12)14(17)13-8-4-6-11(13)2/h11-13,15H,3-10H2,1-2H3. The first-order valence-electron chi connectivity index (χ1n) is 7.25. The maximum Gasteiger partial charge on any atom is 0.226 e. The highest BCUT2D eigenvalue weighted by atomic mass is 16.2. The zero-order chi connectivity index (χ0) is 12.3. The lowest BCUT2D eigenvalue weighted by atomic mass is 9.95. The Morgan fingerprint density at radius 1 is 1.29 bits per heavy atom. The fourth-order valence-corrected chi connectivity index (χ4v) is 3.42. The van der Waals surface area contributed by atoms with Gasteiger partial charge in [-0.2, -0.15) is 0 Å². The number of amides is 1. The van der Waals surface area contributed by atoms with Crippen LogP contribution in [0.15, 0.2) is 0 Å². The first kappa shape index (κ1) is 12.9. The maximum atomic E-state index is 12.6. The van der Waals surface area contributed by atoms with Crippen molar-refractivity contribution in [1.82, 2.24) is 10.2 Å². The second kappa shape index (κ2) is 5.85. The SMILES string of the molecule is CCN(C(=O)C1CCCC1C)C1CCCNC1. The van der Waals surface area contributed by atoms with Gasteiger partial charge in [-0.05, 0) is 45.1 Å². The monoisotopic (exact) mass is 238 g/mol. The average molecular weight is 238 g/mol. The van der Waals surface area contributed by atoms with Gasteiger partial charge >= 0.3 is 0 Å². The number of nitrogens with one attached hydrogen (secondary N) is 1. The van der Waals surface area contributed by atoms with Gasteiger partial charge < -0.3 is 10.2 Å². The van der Waals surface area contributed by atoms with Gasteiger partial charge in [0, 0.05) is 25.0 Å². The summed E-state index contributed by atoms with van der Waals surface area (Å²) in [6.45, 7) is 7.33. The van der Waals surface area contributed by atoms with E-state index in [1.54, 1.807) is 0 Å². The van der Waals surface area contributed by atoms with E-state index in [1.165, 1.54) is 25.7 Å². The molecule has 98 valence electrons. The summed E-state index contributed by atoms with van der Waals surface area (Å²) in [5, 5.41) is 3.41. The van der Waals surface area contributed by atoms with Crippen LogP contribution in [-0.4, -0.2) is 36.5 Å². The van der Waals surface area contributed by atoms with Gasteiger partial charge in [-0.1, -0.05) is 13.3 Å². The smallest absolute Gasteiger partial charge is 0.226 e. The number of carbonyl (C=O) groups excluding carboxylic acids is 1. The van der Waals surface area contributed by atoms with Crippen molar-refractivity contribution < 1.29 is 4.79 Å². The highest BCUT2D eigenvalue weighted by Gasteiger charge is 2.35. The Balaban J connectivity index is 1.98. The van der Waals surface area contributed by atoms with Crippen molar-refractivity contribution in [3.63, 3.8) is 0 Å². The van der Waals surface area contributed by atoms with Crippen LogP contribution in [0.5, 0.6) is 0 Å². The van der Waals surface area contributed by atoms with Crippen LogP contribution in [0.3, 0.4) is 0 Å². The minimum Gasteiger partial charge on any atom is -0.338 e. The van der Waals surface area contributed by atoms with Crippen molar-refractivity contribution in [3.05, 3.63) is 0 Å². The molecule has 0 spiro atoms. The molecular weight excluding hydrogens is 212 g/mol. The van der Waals surface area contributed by atoms with E-state index in [2.05, 4.69) is 24.1 Å². The first-order valence-corrected chi connectivity index (χ1v) is 7.25. The Hall–Kier alpha value is -0.570. The minimum absolute atomic E-state index is 0.303. The van der Waals surface area contributed by atoms with E-state index < -0.39 is 0 Å². The third-order valence-electron chi connectivity index (χ3n) is 4.51. The third kappa shape index (κ3) is 2.82. The Labute approximate surface area is 105 Å². The van der Waals surface area contributed by atoms with Gasteiger partial charge in [0.2, 0.25) is 5.91 Å². The Morgan fingerprint density at radius 3 is 2.65 bits per heavy atom. The van der Waals surface area contributed by atoms with E-state index in [0.717, 1.165) is 26.1 Å². The molecule has 3 atom stereocenters. The molecular formula is C14H26N2O. The van der Waals surface area contributed by atoms with E-state index >= 15 is 0 Å². The summed E-state index contributed by atoms with van der Waals surface area (Å²) in [5.41, 5.74) is 0. The lowest BCUT2D eigenvalue weighted by molar-refractivity contribution is -0.139. The highest BCUT2D eigenvalue weighted by molar-refractivity contribution is 5.79. The zero-order valence-corrected chi connectivity index (χ0v) is 11.2. The highest BCUT2D eigenvalue weighted by Crippen LogP contribution is 2.33. The molecule has 3 heteroatoms. The molecule has 1 amide bonds. The number of hydrogen-bond donors (Lipinski definition) is 1. The van der Waals surface area contributed by atoms with Gasteiger partial charge in [0.25, 0.3) is 0 Å².